The largest absolute Gasteiger partial charge is 0.401 e. The highest BCUT2D eigenvalue weighted by atomic mass is 32.2. The number of hydrogen-bond donors (Lipinski definition) is 2. The summed E-state index contributed by atoms with van der Waals surface area (Å²) in [5.41, 5.74) is 9.20. The third-order valence-corrected chi connectivity index (χ3v) is 4.53. The second-order valence-corrected chi connectivity index (χ2v) is 6.66. The first kappa shape index (κ1) is 12.5. The molecule has 0 aromatic carbocycles. The lowest BCUT2D eigenvalue weighted by Crippen LogP contribution is -2.28. The maximum Gasteiger partial charge on any atom is 0.156 e. The van der Waals surface area contributed by atoms with E-state index >= 15 is 0 Å². The molecule has 1 aliphatic heterocycles. The third kappa shape index (κ3) is 2.10. The van der Waals surface area contributed by atoms with Gasteiger partial charge in [-0.1, -0.05) is 25.6 Å². The molecule has 0 saturated carbocycles. The van der Waals surface area contributed by atoms with Crippen LogP contribution in [0.5, 0.6) is 0 Å². The van der Waals surface area contributed by atoms with Crippen LogP contribution in [0.2, 0.25) is 0 Å². The van der Waals surface area contributed by atoms with Crippen LogP contribution in [-0.2, 0) is 0 Å². The van der Waals surface area contributed by atoms with E-state index in [1.54, 1.807) is 18.1 Å². The minimum Gasteiger partial charge on any atom is -0.401 e. The fourth-order valence-electron chi connectivity index (χ4n) is 2.54. The summed E-state index contributed by atoms with van der Waals surface area (Å²) in [7, 11) is 1.85. The van der Waals surface area contributed by atoms with E-state index in [0.717, 1.165) is 45.7 Å². The summed E-state index contributed by atoms with van der Waals surface area (Å²) in [6.45, 7) is 4.44. The Morgan fingerprint density at radius 2 is 2.11 bits per heavy atom. The number of nitrogens with two attached hydrogens (primary N) is 1. The van der Waals surface area contributed by atoms with Gasteiger partial charge in [-0.05, 0) is 18.3 Å². The minimum atomic E-state index is 0.167. The van der Waals surface area contributed by atoms with Crippen LogP contribution in [0, 0.1) is 5.41 Å². The molecule has 5 nitrogen and oxygen atoms in total. The van der Waals surface area contributed by atoms with Crippen molar-refractivity contribution < 1.29 is 0 Å². The van der Waals surface area contributed by atoms with E-state index in [1.165, 1.54) is 0 Å². The van der Waals surface area contributed by atoms with Gasteiger partial charge in [0.1, 0.15) is 17.0 Å². The summed E-state index contributed by atoms with van der Waals surface area (Å²) in [5, 5.41) is 3.94. The van der Waals surface area contributed by atoms with Crippen LogP contribution in [0.25, 0.3) is 0 Å². The lowest BCUT2D eigenvalue weighted by molar-refractivity contribution is 0.371. The Balaban J connectivity index is 2.15. The summed E-state index contributed by atoms with van der Waals surface area (Å²) in [6, 6.07) is 0. The zero-order chi connectivity index (χ0) is 13.6. The number of thioether (sulfide) groups is 1. The number of nitrogens with one attached hydrogen (secondary N) is 1. The van der Waals surface area contributed by atoms with Gasteiger partial charge in [-0.25, -0.2) is 15.0 Å². The van der Waals surface area contributed by atoms with Gasteiger partial charge in [0, 0.05) is 12.7 Å². The van der Waals surface area contributed by atoms with Gasteiger partial charge >= 0.3 is 0 Å². The van der Waals surface area contributed by atoms with Crippen molar-refractivity contribution >= 4 is 29.0 Å². The predicted octanol–water partition coefficient (Wildman–Crippen LogP) is 2.69. The fraction of sp³-hybridized carbons (Fsp3) is 0.462. The Labute approximate surface area is 116 Å². The number of hydrogen-bond acceptors (Lipinski definition) is 6. The van der Waals surface area contributed by atoms with Crippen molar-refractivity contribution in [2.24, 2.45) is 16.1 Å². The summed E-state index contributed by atoms with van der Waals surface area (Å²) >= 11 is 1.61. The molecule has 0 bridgehead atoms. The van der Waals surface area contributed by atoms with Gasteiger partial charge in [0.05, 0.1) is 10.6 Å². The zero-order valence-corrected chi connectivity index (χ0v) is 12.1. The molecular formula is C13H17N5S. The highest BCUT2D eigenvalue weighted by molar-refractivity contribution is 8.04. The molecular weight excluding hydrogens is 258 g/mol. The number of nitrogens with zero attached hydrogens (tertiary/aromatic N) is 3. The van der Waals surface area contributed by atoms with E-state index in [4.69, 9.17) is 10.7 Å². The molecule has 2 heterocycles. The molecule has 0 amide bonds. The molecule has 2 aliphatic rings. The molecule has 1 aromatic rings. The van der Waals surface area contributed by atoms with Gasteiger partial charge in [0.15, 0.2) is 5.82 Å². The van der Waals surface area contributed by atoms with E-state index in [1.807, 2.05) is 7.05 Å². The molecule has 0 saturated heterocycles. The predicted molar refractivity (Wildman–Crippen MR) is 78.8 cm³/mol. The SMILES string of the molecule is CNc1ncnc2c1N=C1CC(C)(C)CC(N)=C1S2. The summed E-state index contributed by atoms with van der Waals surface area (Å²) < 4.78 is 0. The minimum absolute atomic E-state index is 0.167. The maximum absolute atomic E-state index is 6.21. The Morgan fingerprint density at radius 3 is 2.84 bits per heavy atom. The molecule has 100 valence electrons. The Kier molecular flexibility index (Phi) is 2.78. The standard InChI is InChI=1S/C13H17N5S/c1-13(2)4-7(14)10-8(5-13)18-9-11(15-3)16-6-17-12(9)19-10/h6H,4-5,14H2,1-3H3,(H,15,16,17). The number of fused-ring (bicyclic) bond motifs is 2. The number of aliphatic imine (C=N–C) groups is 1. The molecule has 0 atom stereocenters. The van der Waals surface area contributed by atoms with E-state index in [9.17, 15) is 0 Å². The van der Waals surface area contributed by atoms with Crippen LogP contribution < -0.4 is 11.1 Å². The first-order valence-electron chi connectivity index (χ1n) is 6.27. The van der Waals surface area contributed by atoms with E-state index in [2.05, 4.69) is 29.1 Å². The first-order valence-corrected chi connectivity index (χ1v) is 7.09. The second kappa shape index (κ2) is 4.23. The van der Waals surface area contributed by atoms with Crippen molar-refractivity contribution in [3.05, 3.63) is 16.9 Å². The average Bonchev–Trinajstić information content (AvgIpc) is 2.35. The smallest absolute Gasteiger partial charge is 0.156 e. The van der Waals surface area contributed by atoms with E-state index in [0.29, 0.717) is 0 Å². The van der Waals surface area contributed by atoms with Crippen molar-refractivity contribution in [3.8, 4) is 0 Å². The van der Waals surface area contributed by atoms with Gasteiger partial charge in [-0.3, -0.25) is 0 Å². The van der Waals surface area contributed by atoms with Crippen LogP contribution in [-0.4, -0.2) is 22.7 Å². The van der Waals surface area contributed by atoms with Crippen LogP contribution >= 0.6 is 11.8 Å². The van der Waals surface area contributed by atoms with E-state index < -0.39 is 0 Å². The second-order valence-electron chi connectivity index (χ2n) is 5.66. The maximum atomic E-state index is 6.21. The third-order valence-electron chi connectivity index (χ3n) is 3.34. The van der Waals surface area contributed by atoms with Crippen LogP contribution in [0.3, 0.4) is 0 Å². The van der Waals surface area contributed by atoms with Crippen molar-refractivity contribution in [1.29, 1.82) is 0 Å². The van der Waals surface area contributed by atoms with E-state index in [-0.39, 0.29) is 5.41 Å². The Hall–Kier alpha value is -1.56. The van der Waals surface area contributed by atoms with Gasteiger partial charge in [0.25, 0.3) is 0 Å². The highest BCUT2D eigenvalue weighted by Crippen LogP contribution is 2.48. The van der Waals surface area contributed by atoms with Crippen LogP contribution in [0.1, 0.15) is 26.7 Å². The fourth-order valence-corrected chi connectivity index (χ4v) is 3.52. The number of rotatable bonds is 1. The molecule has 0 spiro atoms. The zero-order valence-electron chi connectivity index (χ0n) is 11.3. The lowest BCUT2D eigenvalue weighted by atomic mass is 9.78. The van der Waals surface area contributed by atoms with Crippen LogP contribution in [0.4, 0.5) is 11.5 Å². The summed E-state index contributed by atoms with van der Waals surface area (Å²) in [4.78, 5) is 14.4. The number of allylic oxidation sites excluding steroid dienone is 2. The lowest BCUT2D eigenvalue weighted by Gasteiger charge is -2.34. The van der Waals surface area contributed by atoms with Crippen molar-refractivity contribution in [3.63, 3.8) is 0 Å². The quantitative estimate of drug-likeness (QED) is 0.771. The Morgan fingerprint density at radius 1 is 1.32 bits per heavy atom. The topological polar surface area (TPSA) is 76.2 Å². The molecule has 3 N–H and O–H groups in total. The van der Waals surface area contributed by atoms with Gasteiger partial charge in [-0.2, -0.15) is 0 Å². The summed E-state index contributed by atoms with van der Waals surface area (Å²) in [5.74, 6) is 0.769. The first-order chi connectivity index (χ1) is 9.00. The van der Waals surface area contributed by atoms with Crippen molar-refractivity contribution in [1.82, 2.24) is 9.97 Å². The molecule has 0 fully saturated rings. The summed E-state index contributed by atoms with van der Waals surface area (Å²) in [6.07, 6.45) is 3.41. The number of anilines is 1. The molecule has 3 rings (SSSR count). The average molecular weight is 275 g/mol. The number of aromatic nitrogens is 2. The van der Waals surface area contributed by atoms with Crippen LogP contribution in [0.15, 0.2) is 26.9 Å². The van der Waals surface area contributed by atoms with Crippen molar-refractivity contribution in [2.75, 3.05) is 12.4 Å². The van der Waals surface area contributed by atoms with Gasteiger partial charge in [-0.15, -0.1) is 0 Å². The molecule has 6 heteroatoms. The van der Waals surface area contributed by atoms with Gasteiger partial charge < -0.3 is 11.1 Å². The monoisotopic (exact) mass is 275 g/mol. The van der Waals surface area contributed by atoms with Gasteiger partial charge in [0.2, 0.25) is 0 Å². The normalized spacial score (nSPS) is 20.5. The molecule has 0 unspecified atom stereocenters. The molecule has 19 heavy (non-hydrogen) atoms. The molecule has 0 radical (unpaired) electrons. The molecule has 1 aliphatic carbocycles. The molecule has 1 aromatic heterocycles. The van der Waals surface area contributed by atoms with Crippen molar-refractivity contribution in [2.45, 2.75) is 31.7 Å². The highest BCUT2D eigenvalue weighted by Gasteiger charge is 2.34. The Bertz CT molecular complexity index is 603.